The first-order valence-corrected chi connectivity index (χ1v) is 4.49. The second-order valence-corrected chi connectivity index (χ2v) is 3.29. The van der Waals surface area contributed by atoms with E-state index in [1.807, 2.05) is 0 Å². The SMILES string of the molecule is Br.Br.C1C[C@H](N2CCOCC2)CN1. The number of halogens is 2. The first-order chi connectivity index (χ1) is 5.47. The van der Waals surface area contributed by atoms with Crippen LogP contribution < -0.4 is 5.32 Å². The summed E-state index contributed by atoms with van der Waals surface area (Å²) in [6.07, 6.45) is 1.32. The Kier molecular flexibility index (Phi) is 7.64. The van der Waals surface area contributed by atoms with E-state index in [-0.39, 0.29) is 34.0 Å². The summed E-state index contributed by atoms with van der Waals surface area (Å²) >= 11 is 0. The van der Waals surface area contributed by atoms with Crippen LogP contribution in [0.3, 0.4) is 0 Å². The Morgan fingerprint density at radius 2 is 1.85 bits per heavy atom. The van der Waals surface area contributed by atoms with Gasteiger partial charge in [0.25, 0.3) is 0 Å². The molecule has 2 fully saturated rings. The Morgan fingerprint density at radius 3 is 2.38 bits per heavy atom. The van der Waals surface area contributed by atoms with Crippen molar-refractivity contribution in [1.82, 2.24) is 10.2 Å². The maximum Gasteiger partial charge on any atom is 0.0594 e. The van der Waals surface area contributed by atoms with Gasteiger partial charge < -0.3 is 10.1 Å². The Labute approximate surface area is 101 Å². The highest BCUT2D eigenvalue weighted by atomic mass is 79.9. The van der Waals surface area contributed by atoms with Crippen molar-refractivity contribution < 1.29 is 4.74 Å². The van der Waals surface area contributed by atoms with Crippen molar-refractivity contribution >= 4 is 34.0 Å². The van der Waals surface area contributed by atoms with Crippen molar-refractivity contribution in [3.8, 4) is 0 Å². The zero-order chi connectivity index (χ0) is 7.52. The molecule has 0 amide bonds. The van der Waals surface area contributed by atoms with Crippen LogP contribution in [0.5, 0.6) is 0 Å². The predicted octanol–water partition coefficient (Wildman–Crippen LogP) is 0.836. The quantitative estimate of drug-likeness (QED) is 0.775. The van der Waals surface area contributed by atoms with Gasteiger partial charge in [-0.3, -0.25) is 4.90 Å². The van der Waals surface area contributed by atoms with Crippen molar-refractivity contribution in [1.29, 1.82) is 0 Å². The standard InChI is InChI=1S/C8H16N2O.2BrH/c1-2-9-7-8(1)10-3-5-11-6-4-10;;/h8-9H,1-7H2;2*1H/t8-;;/m0../s1. The highest BCUT2D eigenvalue weighted by Gasteiger charge is 2.23. The van der Waals surface area contributed by atoms with E-state index in [0.29, 0.717) is 0 Å². The molecule has 2 aliphatic heterocycles. The van der Waals surface area contributed by atoms with Gasteiger partial charge in [-0.15, -0.1) is 34.0 Å². The second kappa shape index (κ2) is 7.17. The van der Waals surface area contributed by atoms with Crippen LogP contribution in [0.25, 0.3) is 0 Å². The van der Waals surface area contributed by atoms with Crippen molar-refractivity contribution in [3.05, 3.63) is 0 Å². The van der Waals surface area contributed by atoms with Gasteiger partial charge in [0.15, 0.2) is 0 Å². The molecule has 0 saturated carbocycles. The lowest BCUT2D eigenvalue weighted by Gasteiger charge is -2.31. The molecule has 0 radical (unpaired) electrons. The molecule has 0 aromatic carbocycles. The molecule has 1 N–H and O–H groups in total. The van der Waals surface area contributed by atoms with Gasteiger partial charge in [0.05, 0.1) is 13.2 Å². The summed E-state index contributed by atoms with van der Waals surface area (Å²) in [7, 11) is 0. The molecule has 3 nitrogen and oxygen atoms in total. The normalized spacial score (nSPS) is 29.1. The maximum absolute atomic E-state index is 5.30. The first-order valence-electron chi connectivity index (χ1n) is 4.49. The molecule has 5 heteroatoms. The topological polar surface area (TPSA) is 24.5 Å². The third-order valence-electron chi connectivity index (χ3n) is 2.60. The van der Waals surface area contributed by atoms with Gasteiger partial charge in [0.2, 0.25) is 0 Å². The molecule has 2 saturated heterocycles. The van der Waals surface area contributed by atoms with Crippen LogP contribution in [-0.2, 0) is 4.74 Å². The number of morpholine rings is 1. The second-order valence-electron chi connectivity index (χ2n) is 3.29. The highest BCUT2D eigenvalue weighted by Crippen LogP contribution is 2.09. The molecule has 0 unspecified atom stereocenters. The van der Waals surface area contributed by atoms with Gasteiger partial charge >= 0.3 is 0 Å². The molecule has 2 heterocycles. The van der Waals surface area contributed by atoms with Gasteiger partial charge in [-0.1, -0.05) is 0 Å². The molecular weight excluding hydrogens is 300 g/mol. The maximum atomic E-state index is 5.30. The van der Waals surface area contributed by atoms with E-state index in [0.717, 1.165) is 32.3 Å². The summed E-state index contributed by atoms with van der Waals surface area (Å²) < 4.78 is 5.30. The molecule has 0 aliphatic carbocycles. The number of rotatable bonds is 1. The summed E-state index contributed by atoms with van der Waals surface area (Å²) in [5.74, 6) is 0. The van der Waals surface area contributed by atoms with Gasteiger partial charge in [0.1, 0.15) is 0 Å². The average Bonchev–Trinajstić information content (AvgIpc) is 2.58. The Balaban J connectivity index is 0.000000720. The lowest BCUT2D eigenvalue weighted by Crippen LogP contribution is -2.44. The van der Waals surface area contributed by atoms with Gasteiger partial charge in [-0.2, -0.15) is 0 Å². The predicted molar refractivity (Wildman–Crippen MR) is 64.3 cm³/mol. The van der Waals surface area contributed by atoms with E-state index in [4.69, 9.17) is 4.74 Å². The van der Waals surface area contributed by atoms with Gasteiger partial charge in [-0.25, -0.2) is 0 Å². The van der Waals surface area contributed by atoms with Crippen LogP contribution in [0.4, 0.5) is 0 Å². The van der Waals surface area contributed by atoms with Crippen molar-refractivity contribution in [2.75, 3.05) is 39.4 Å². The van der Waals surface area contributed by atoms with E-state index in [1.54, 1.807) is 0 Å². The minimum Gasteiger partial charge on any atom is -0.379 e. The molecule has 0 aromatic heterocycles. The Bertz CT molecular complexity index is 125. The summed E-state index contributed by atoms with van der Waals surface area (Å²) in [6.45, 7) is 6.49. The number of hydrogen-bond acceptors (Lipinski definition) is 3. The number of nitrogens with zero attached hydrogens (tertiary/aromatic N) is 1. The van der Waals surface area contributed by atoms with Crippen LogP contribution in [0, 0.1) is 0 Å². The van der Waals surface area contributed by atoms with Crippen LogP contribution in [0.2, 0.25) is 0 Å². The van der Waals surface area contributed by atoms with Gasteiger partial charge in [-0.05, 0) is 13.0 Å². The summed E-state index contributed by atoms with van der Waals surface area (Å²) in [6, 6.07) is 0.791. The third-order valence-corrected chi connectivity index (χ3v) is 2.60. The van der Waals surface area contributed by atoms with E-state index in [9.17, 15) is 0 Å². The molecule has 13 heavy (non-hydrogen) atoms. The monoisotopic (exact) mass is 316 g/mol. The smallest absolute Gasteiger partial charge is 0.0594 e. The molecule has 0 aromatic rings. The fraction of sp³-hybridized carbons (Fsp3) is 1.00. The molecule has 2 rings (SSSR count). The lowest BCUT2D eigenvalue weighted by atomic mass is 10.2. The fourth-order valence-corrected chi connectivity index (χ4v) is 1.89. The van der Waals surface area contributed by atoms with E-state index >= 15 is 0 Å². The molecule has 0 bridgehead atoms. The number of ether oxygens (including phenoxy) is 1. The Hall–Kier alpha value is 0.840. The molecule has 2 aliphatic rings. The number of nitrogens with one attached hydrogen (secondary N) is 1. The minimum atomic E-state index is 0. The average molecular weight is 318 g/mol. The summed E-state index contributed by atoms with van der Waals surface area (Å²) in [4.78, 5) is 2.55. The number of hydrogen-bond donors (Lipinski definition) is 1. The molecular formula is C8H18Br2N2O. The molecule has 0 spiro atoms. The first kappa shape index (κ1) is 13.8. The van der Waals surface area contributed by atoms with Crippen LogP contribution in [0.1, 0.15) is 6.42 Å². The Morgan fingerprint density at radius 1 is 1.15 bits per heavy atom. The van der Waals surface area contributed by atoms with Crippen LogP contribution in [-0.4, -0.2) is 50.3 Å². The minimum absolute atomic E-state index is 0. The van der Waals surface area contributed by atoms with Crippen molar-refractivity contribution in [3.63, 3.8) is 0 Å². The van der Waals surface area contributed by atoms with Crippen molar-refractivity contribution in [2.24, 2.45) is 0 Å². The van der Waals surface area contributed by atoms with E-state index < -0.39 is 0 Å². The van der Waals surface area contributed by atoms with Crippen LogP contribution in [0.15, 0.2) is 0 Å². The van der Waals surface area contributed by atoms with Crippen LogP contribution >= 0.6 is 34.0 Å². The van der Waals surface area contributed by atoms with E-state index in [1.165, 1.54) is 19.5 Å². The summed E-state index contributed by atoms with van der Waals surface area (Å²) in [5.41, 5.74) is 0. The molecule has 80 valence electrons. The molecule has 1 atom stereocenters. The fourth-order valence-electron chi connectivity index (χ4n) is 1.89. The van der Waals surface area contributed by atoms with Gasteiger partial charge in [0, 0.05) is 25.7 Å². The highest BCUT2D eigenvalue weighted by molar-refractivity contribution is 8.93. The zero-order valence-electron chi connectivity index (χ0n) is 7.70. The third kappa shape index (κ3) is 3.83. The zero-order valence-corrected chi connectivity index (χ0v) is 11.1. The van der Waals surface area contributed by atoms with Crippen molar-refractivity contribution in [2.45, 2.75) is 12.5 Å². The lowest BCUT2D eigenvalue weighted by molar-refractivity contribution is 0.0206. The van der Waals surface area contributed by atoms with E-state index in [2.05, 4.69) is 10.2 Å². The largest absolute Gasteiger partial charge is 0.379 e. The summed E-state index contributed by atoms with van der Waals surface area (Å²) in [5, 5.41) is 3.39.